The molecule has 0 atom stereocenters. The zero-order valence-electron chi connectivity index (χ0n) is 6.74. The third kappa shape index (κ3) is 1.55. The van der Waals surface area contributed by atoms with Crippen LogP contribution in [0.1, 0.15) is 23.2 Å². The van der Waals surface area contributed by atoms with Crippen molar-refractivity contribution >= 4 is 11.6 Å². The molecule has 0 saturated heterocycles. The number of aromatic nitrogens is 1. The highest BCUT2D eigenvalue weighted by Crippen LogP contribution is 2.30. The van der Waals surface area contributed by atoms with Crippen LogP contribution in [-0.4, -0.2) is 4.98 Å². The number of nitrogens with zero attached hydrogens (tertiary/aromatic N) is 1. The van der Waals surface area contributed by atoms with Crippen molar-refractivity contribution in [1.29, 1.82) is 0 Å². The van der Waals surface area contributed by atoms with Gasteiger partial charge in [-0.2, -0.15) is 0 Å². The number of rotatable bonds is 1. The highest BCUT2D eigenvalue weighted by Gasteiger charge is 2.16. The van der Waals surface area contributed by atoms with E-state index in [4.69, 9.17) is 11.6 Å². The Morgan fingerprint density at radius 3 is 2.42 bits per heavy atom. The summed E-state index contributed by atoms with van der Waals surface area (Å²) in [7, 11) is 0. The number of halogens is 3. The Balaban J connectivity index is 3.33. The second-order valence-corrected chi connectivity index (χ2v) is 2.93. The van der Waals surface area contributed by atoms with Crippen LogP contribution in [0.4, 0.5) is 8.78 Å². The van der Waals surface area contributed by atoms with Gasteiger partial charge in [0.1, 0.15) is 0 Å². The predicted octanol–water partition coefficient (Wildman–Crippen LogP) is 3.29. The lowest BCUT2D eigenvalue weighted by molar-refractivity contribution is 0.150. The molecule has 0 spiro atoms. The summed E-state index contributed by atoms with van der Waals surface area (Å²) in [6, 6.07) is 0. The standard InChI is InChI=1S/C8H8ClF2N/c1-4-3-12-5(2)6(7(4)9)8(10)11/h3,8H,1-2H3. The van der Waals surface area contributed by atoms with Crippen LogP contribution in [0.25, 0.3) is 0 Å². The molecule has 0 radical (unpaired) electrons. The fourth-order valence-corrected chi connectivity index (χ4v) is 1.21. The van der Waals surface area contributed by atoms with Gasteiger partial charge >= 0.3 is 0 Å². The third-order valence-electron chi connectivity index (χ3n) is 1.64. The fraction of sp³-hybridized carbons (Fsp3) is 0.375. The first-order valence-corrected chi connectivity index (χ1v) is 3.81. The molecule has 1 heterocycles. The maximum absolute atomic E-state index is 12.3. The van der Waals surface area contributed by atoms with Crippen LogP contribution in [0.5, 0.6) is 0 Å². The monoisotopic (exact) mass is 191 g/mol. The van der Waals surface area contributed by atoms with E-state index in [1.54, 1.807) is 6.92 Å². The molecule has 1 aromatic heterocycles. The number of pyridine rings is 1. The first-order chi connectivity index (χ1) is 5.54. The Morgan fingerprint density at radius 2 is 2.00 bits per heavy atom. The zero-order chi connectivity index (χ0) is 9.30. The van der Waals surface area contributed by atoms with Crippen LogP contribution >= 0.6 is 11.6 Å². The summed E-state index contributed by atoms with van der Waals surface area (Å²) in [5, 5.41) is 0.123. The Kier molecular flexibility index (Phi) is 2.62. The molecule has 0 fully saturated rings. The van der Waals surface area contributed by atoms with Crippen molar-refractivity contribution in [2.45, 2.75) is 20.3 Å². The molecule has 0 bridgehead atoms. The molecule has 4 heteroatoms. The highest BCUT2D eigenvalue weighted by molar-refractivity contribution is 6.32. The molecule has 0 aliphatic carbocycles. The van der Waals surface area contributed by atoms with Crippen molar-refractivity contribution < 1.29 is 8.78 Å². The minimum Gasteiger partial charge on any atom is -0.261 e. The van der Waals surface area contributed by atoms with Crippen molar-refractivity contribution in [3.05, 3.63) is 28.0 Å². The van der Waals surface area contributed by atoms with E-state index >= 15 is 0 Å². The van der Waals surface area contributed by atoms with Gasteiger partial charge in [0.05, 0.1) is 10.6 Å². The maximum atomic E-state index is 12.3. The summed E-state index contributed by atoms with van der Waals surface area (Å²) >= 11 is 5.67. The minimum absolute atomic E-state index is 0.123. The van der Waals surface area contributed by atoms with Crippen molar-refractivity contribution in [2.24, 2.45) is 0 Å². The number of aryl methyl sites for hydroxylation is 2. The lowest BCUT2D eigenvalue weighted by Gasteiger charge is -2.07. The summed E-state index contributed by atoms with van der Waals surface area (Å²) in [4.78, 5) is 3.80. The average molecular weight is 192 g/mol. The number of hydrogen-bond acceptors (Lipinski definition) is 1. The molecule has 0 aliphatic rings. The van der Waals surface area contributed by atoms with E-state index in [0.29, 0.717) is 11.3 Å². The van der Waals surface area contributed by atoms with Gasteiger partial charge in [0.2, 0.25) is 0 Å². The zero-order valence-corrected chi connectivity index (χ0v) is 7.49. The van der Waals surface area contributed by atoms with Gasteiger partial charge in [-0.25, -0.2) is 8.78 Å². The Morgan fingerprint density at radius 1 is 1.42 bits per heavy atom. The lowest BCUT2D eigenvalue weighted by Crippen LogP contribution is -1.96. The molecule has 0 saturated carbocycles. The van der Waals surface area contributed by atoms with Crippen molar-refractivity contribution in [2.75, 3.05) is 0 Å². The van der Waals surface area contributed by atoms with Gasteiger partial charge in [-0.15, -0.1) is 0 Å². The van der Waals surface area contributed by atoms with Crippen LogP contribution in [0.3, 0.4) is 0 Å². The van der Waals surface area contributed by atoms with Crippen LogP contribution in [0, 0.1) is 13.8 Å². The largest absolute Gasteiger partial charge is 0.267 e. The van der Waals surface area contributed by atoms with Gasteiger partial charge in [0, 0.05) is 11.9 Å². The SMILES string of the molecule is Cc1cnc(C)c(C(F)F)c1Cl. The summed E-state index contributed by atoms with van der Waals surface area (Å²) < 4.78 is 24.7. The first kappa shape index (κ1) is 9.39. The second kappa shape index (κ2) is 3.35. The van der Waals surface area contributed by atoms with E-state index in [1.165, 1.54) is 13.1 Å². The van der Waals surface area contributed by atoms with E-state index in [9.17, 15) is 8.78 Å². The molecule has 0 N–H and O–H groups in total. The third-order valence-corrected chi connectivity index (χ3v) is 2.14. The molecule has 0 aliphatic heterocycles. The van der Waals surface area contributed by atoms with Gasteiger partial charge in [-0.05, 0) is 19.4 Å². The van der Waals surface area contributed by atoms with E-state index in [0.717, 1.165) is 0 Å². The molecule has 12 heavy (non-hydrogen) atoms. The fourth-order valence-electron chi connectivity index (χ4n) is 0.945. The molecule has 1 rings (SSSR count). The molecule has 66 valence electrons. The normalized spacial score (nSPS) is 10.8. The molecule has 0 aromatic carbocycles. The predicted molar refractivity (Wildman–Crippen MR) is 43.7 cm³/mol. The highest BCUT2D eigenvalue weighted by atomic mass is 35.5. The average Bonchev–Trinajstić information content (AvgIpc) is 1.97. The van der Waals surface area contributed by atoms with E-state index < -0.39 is 6.43 Å². The molecule has 1 aromatic rings. The molecular formula is C8H8ClF2N. The van der Waals surface area contributed by atoms with Crippen LogP contribution in [0.2, 0.25) is 5.02 Å². The van der Waals surface area contributed by atoms with Crippen LogP contribution in [0.15, 0.2) is 6.20 Å². The quantitative estimate of drug-likeness (QED) is 0.664. The minimum atomic E-state index is -2.55. The Labute approximate surface area is 74.4 Å². The number of alkyl halides is 2. The second-order valence-electron chi connectivity index (χ2n) is 2.55. The lowest BCUT2D eigenvalue weighted by atomic mass is 10.1. The topological polar surface area (TPSA) is 12.9 Å². The molecular weight excluding hydrogens is 184 g/mol. The Hall–Kier alpha value is -0.700. The van der Waals surface area contributed by atoms with Gasteiger partial charge in [0.25, 0.3) is 6.43 Å². The van der Waals surface area contributed by atoms with Crippen LogP contribution in [-0.2, 0) is 0 Å². The van der Waals surface area contributed by atoms with Crippen molar-refractivity contribution in [1.82, 2.24) is 4.98 Å². The molecule has 0 unspecified atom stereocenters. The van der Waals surface area contributed by atoms with Crippen molar-refractivity contribution in [3.63, 3.8) is 0 Å². The van der Waals surface area contributed by atoms with E-state index in [2.05, 4.69) is 4.98 Å². The van der Waals surface area contributed by atoms with Gasteiger partial charge < -0.3 is 0 Å². The summed E-state index contributed by atoms with van der Waals surface area (Å²) in [5.41, 5.74) is 0.717. The maximum Gasteiger partial charge on any atom is 0.267 e. The van der Waals surface area contributed by atoms with Gasteiger partial charge in [-0.3, -0.25) is 4.98 Å². The summed E-state index contributed by atoms with van der Waals surface area (Å²) in [6.07, 6.45) is -1.06. The van der Waals surface area contributed by atoms with E-state index in [-0.39, 0.29) is 10.6 Å². The molecule has 0 amide bonds. The number of hydrogen-bond donors (Lipinski definition) is 0. The first-order valence-electron chi connectivity index (χ1n) is 3.43. The smallest absolute Gasteiger partial charge is 0.261 e. The van der Waals surface area contributed by atoms with Gasteiger partial charge in [0.15, 0.2) is 0 Å². The van der Waals surface area contributed by atoms with Crippen LogP contribution < -0.4 is 0 Å². The van der Waals surface area contributed by atoms with Crippen molar-refractivity contribution in [3.8, 4) is 0 Å². The van der Waals surface area contributed by atoms with E-state index in [1.807, 2.05) is 0 Å². The van der Waals surface area contributed by atoms with Gasteiger partial charge in [-0.1, -0.05) is 11.6 Å². The Bertz CT molecular complexity index is 299. The summed E-state index contributed by atoms with van der Waals surface area (Å²) in [6.45, 7) is 3.17. The molecule has 1 nitrogen and oxygen atoms in total. The summed E-state index contributed by atoms with van der Waals surface area (Å²) in [5.74, 6) is 0.